The molecule has 0 spiro atoms. The lowest BCUT2D eigenvalue weighted by Crippen LogP contribution is -2.11. The second-order valence-electron chi connectivity index (χ2n) is 6.45. The van der Waals surface area contributed by atoms with Crippen LogP contribution < -0.4 is 5.32 Å². The topological polar surface area (TPSA) is 66.4 Å². The molecule has 2 aromatic carbocycles. The number of rotatable bonds is 6. The zero-order chi connectivity index (χ0) is 17.9. The van der Waals surface area contributed by atoms with Crippen LogP contribution in [-0.4, -0.2) is 25.3 Å². The average molecular weight is 347 g/mol. The summed E-state index contributed by atoms with van der Waals surface area (Å²) < 4.78 is 30.5. The molecule has 24 heavy (non-hydrogen) atoms. The van der Waals surface area contributed by atoms with E-state index < -0.39 is 10.1 Å². The van der Waals surface area contributed by atoms with Crippen LogP contribution in [0.25, 0.3) is 11.1 Å². The Bertz CT molecular complexity index is 822. The molecule has 2 aromatic rings. The molecule has 0 saturated heterocycles. The molecule has 0 saturated carbocycles. The predicted molar refractivity (Wildman–Crippen MR) is 100 cm³/mol. The number of hydrogen-bond donors (Lipinski definition) is 2. The fourth-order valence-corrected chi connectivity index (χ4v) is 3.54. The van der Waals surface area contributed by atoms with Gasteiger partial charge in [-0.3, -0.25) is 4.55 Å². The predicted octanol–water partition coefficient (Wildman–Crippen LogP) is 4.28. The fourth-order valence-electron chi connectivity index (χ4n) is 3.03. The molecule has 0 fully saturated rings. The van der Waals surface area contributed by atoms with E-state index >= 15 is 0 Å². The molecular weight excluding hydrogens is 322 g/mol. The van der Waals surface area contributed by atoms with Crippen molar-refractivity contribution >= 4 is 15.8 Å². The highest BCUT2D eigenvalue weighted by molar-refractivity contribution is 7.85. The van der Waals surface area contributed by atoms with Crippen molar-refractivity contribution in [2.24, 2.45) is 0 Å². The van der Waals surface area contributed by atoms with Gasteiger partial charge in [-0.2, -0.15) is 8.42 Å². The summed E-state index contributed by atoms with van der Waals surface area (Å²) in [5, 5.41) is 3.34. The number of aryl methyl sites for hydroxylation is 4. The van der Waals surface area contributed by atoms with Crippen LogP contribution in [0, 0.1) is 27.7 Å². The first-order chi connectivity index (χ1) is 11.2. The molecule has 0 bridgehead atoms. The maximum Gasteiger partial charge on any atom is 0.264 e. The van der Waals surface area contributed by atoms with E-state index in [1.165, 1.54) is 16.7 Å². The van der Waals surface area contributed by atoms with Crippen molar-refractivity contribution in [2.45, 2.75) is 34.1 Å². The Labute approximate surface area is 144 Å². The zero-order valence-electron chi connectivity index (χ0n) is 14.7. The summed E-state index contributed by atoms with van der Waals surface area (Å²) in [6, 6.07) is 10.7. The van der Waals surface area contributed by atoms with E-state index in [0.29, 0.717) is 13.0 Å². The Balaban J connectivity index is 2.33. The van der Waals surface area contributed by atoms with Crippen molar-refractivity contribution in [3.8, 4) is 11.1 Å². The van der Waals surface area contributed by atoms with Crippen LogP contribution in [0.1, 0.15) is 28.7 Å². The first-order valence-electron chi connectivity index (χ1n) is 8.04. The Hall–Kier alpha value is -1.85. The molecule has 0 amide bonds. The van der Waals surface area contributed by atoms with Crippen molar-refractivity contribution in [1.82, 2.24) is 0 Å². The minimum Gasteiger partial charge on any atom is -0.384 e. The first kappa shape index (κ1) is 18.5. The zero-order valence-corrected chi connectivity index (χ0v) is 15.5. The number of benzene rings is 2. The Kier molecular flexibility index (Phi) is 5.67. The summed E-state index contributed by atoms with van der Waals surface area (Å²) in [7, 11) is -3.91. The van der Waals surface area contributed by atoms with Crippen LogP contribution in [-0.2, 0) is 10.1 Å². The minimum absolute atomic E-state index is 0.232. The van der Waals surface area contributed by atoms with Crippen molar-refractivity contribution in [3.05, 3.63) is 52.6 Å². The largest absolute Gasteiger partial charge is 0.384 e. The fraction of sp³-hybridized carbons (Fsp3) is 0.368. The lowest BCUT2D eigenvalue weighted by molar-refractivity contribution is 0.481. The van der Waals surface area contributed by atoms with Crippen molar-refractivity contribution in [2.75, 3.05) is 17.6 Å². The summed E-state index contributed by atoms with van der Waals surface area (Å²) in [4.78, 5) is 0. The smallest absolute Gasteiger partial charge is 0.264 e. The van der Waals surface area contributed by atoms with Gasteiger partial charge in [-0.25, -0.2) is 0 Å². The molecule has 0 aromatic heterocycles. The average Bonchev–Trinajstić information content (AvgIpc) is 2.42. The number of nitrogens with one attached hydrogen (secondary N) is 1. The van der Waals surface area contributed by atoms with Crippen molar-refractivity contribution in [3.63, 3.8) is 0 Å². The molecule has 130 valence electrons. The Morgan fingerprint density at radius 2 is 1.50 bits per heavy atom. The normalized spacial score (nSPS) is 11.5. The van der Waals surface area contributed by atoms with E-state index in [0.717, 1.165) is 22.4 Å². The summed E-state index contributed by atoms with van der Waals surface area (Å²) in [5.41, 5.74) is 8.01. The number of hydrogen-bond acceptors (Lipinski definition) is 3. The van der Waals surface area contributed by atoms with Gasteiger partial charge < -0.3 is 5.32 Å². The summed E-state index contributed by atoms with van der Waals surface area (Å²) in [6.07, 6.45) is 0.360. The second-order valence-corrected chi connectivity index (χ2v) is 8.02. The molecule has 0 aliphatic rings. The summed E-state index contributed by atoms with van der Waals surface area (Å²) >= 11 is 0. The maximum absolute atomic E-state index is 10.8. The van der Waals surface area contributed by atoms with Crippen molar-refractivity contribution < 1.29 is 13.0 Å². The molecule has 2 rings (SSSR count). The van der Waals surface area contributed by atoms with Crippen LogP contribution in [0.3, 0.4) is 0 Å². The summed E-state index contributed by atoms with van der Waals surface area (Å²) in [5.74, 6) is -0.232. The Morgan fingerprint density at radius 1 is 0.917 bits per heavy atom. The van der Waals surface area contributed by atoms with Crippen LogP contribution in [0.15, 0.2) is 30.3 Å². The minimum atomic E-state index is -3.91. The van der Waals surface area contributed by atoms with Crippen LogP contribution in [0.4, 0.5) is 5.69 Å². The lowest BCUT2D eigenvalue weighted by atomic mass is 9.95. The molecule has 5 heteroatoms. The lowest BCUT2D eigenvalue weighted by Gasteiger charge is -2.17. The third-order valence-corrected chi connectivity index (χ3v) is 4.70. The molecule has 2 N–H and O–H groups in total. The molecular formula is C19H25NO3S. The highest BCUT2D eigenvalue weighted by atomic mass is 32.2. The van der Waals surface area contributed by atoms with Gasteiger partial charge >= 0.3 is 0 Å². The molecule has 0 heterocycles. The SMILES string of the molecule is Cc1cc(C)cc(-c2cc(C)cc(C)c2NCCCS(=O)(=O)O)c1. The molecule has 4 nitrogen and oxygen atoms in total. The molecule has 0 radical (unpaired) electrons. The van der Waals surface area contributed by atoms with Crippen LogP contribution in [0.5, 0.6) is 0 Å². The van der Waals surface area contributed by atoms with E-state index in [9.17, 15) is 8.42 Å². The van der Waals surface area contributed by atoms with Gasteiger partial charge in [0.25, 0.3) is 10.1 Å². The standard InChI is InChI=1S/C19H25NO3S/c1-13-8-14(2)11-17(10-13)18-12-15(3)9-16(4)19(18)20-6-5-7-24(21,22)23/h8-12,20H,5-7H2,1-4H3,(H,21,22,23). The van der Waals surface area contributed by atoms with Gasteiger partial charge in [0, 0.05) is 17.8 Å². The second kappa shape index (κ2) is 7.36. The third-order valence-electron chi connectivity index (χ3n) is 3.89. The Morgan fingerprint density at radius 3 is 2.08 bits per heavy atom. The first-order valence-corrected chi connectivity index (χ1v) is 9.65. The summed E-state index contributed by atoms with van der Waals surface area (Å²) in [6.45, 7) is 8.77. The monoisotopic (exact) mass is 347 g/mol. The third kappa shape index (κ3) is 5.08. The van der Waals surface area contributed by atoms with Crippen LogP contribution in [0.2, 0.25) is 0 Å². The van der Waals surface area contributed by atoms with E-state index in [1.807, 2.05) is 6.92 Å². The van der Waals surface area contributed by atoms with Gasteiger partial charge in [-0.1, -0.05) is 41.0 Å². The number of anilines is 1. The van der Waals surface area contributed by atoms with E-state index in [2.05, 4.69) is 56.4 Å². The maximum atomic E-state index is 10.8. The highest BCUT2D eigenvalue weighted by Gasteiger charge is 2.11. The van der Waals surface area contributed by atoms with Gasteiger partial charge in [0.05, 0.1) is 5.75 Å². The molecule has 0 atom stereocenters. The van der Waals surface area contributed by atoms with Crippen molar-refractivity contribution in [1.29, 1.82) is 0 Å². The quantitative estimate of drug-likeness (QED) is 0.605. The van der Waals surface area contributed by atoms with Gasteiger partial charge in [0.2, 0.25) is 0 Å². The van der Waals surface area contributed by atoms with E-state index in [4.69, 9.17) is 4.55 Å². The molecule has 0 aliphatic heterocycles. The highest BCUT2D eigenvalue weighted by Crippen LogP contribution is 2.33. The molecule has 0 unspecified atom stereocenters. The van der Waals surface area contributed by atoms with Gasteiger partial charge in [-0.15, -0.1) is 0 Å². The van der Waals surface area contributed by atoms with E-state index in [-0.39, 0.29) is 5.75 Å². The van der Waals surface area contributed by atoms with Gasteiger partial charge in [0.1, 0.15) is 0 Å². The molecule has 0 aliphatic carbocycles. The van der Waals surface area contributed by atoms with Crippen LogP contribution >= 0.6 is 0 Å². The van der Waals surface area contributed by atoms with Gasteiger partial charge in [0.15, 0.2) is 0 Å². The van der Waals surface area contributed by atoms with E-state index in [1.54, 1.807) is 0 Å². The van der Waals surface area contributed by atoms with Gasteiger partial charge in [-0.05, 0) is 51.3 Å².